The summed E-state index contributed by atoms with van der Waals surface area (Å²) in [6.45, 7) is 3.82. The van der Waals surface area contributed by atoms with Crippen LogP contribution < -0.4 is 0 Å². The first-order valence-electron chi connectivity index (χ1n) is 7.46. The first-order valence-corrected chi connectivity index (χ1v) is 8.90. The maximum Gasteiger partial charge on any atom is 0.317 e. The summed E-state index contributed by atoms with van der Waals surface area (Å²) in [7, 11) is -3.56. The number of aliphatic carboxylic acids is 1. The van der Waals surface area contributed by atoms with Crippen molar-refractivity contribution in [3.8, 4) is 0 Å². The smallest absolute Gasteiger partial charge is 0.317 e. The third kappa shape index (κ3) is 5.20. The Morgan fingerprint density at radius 3 is 2.57 bits per heavy atom. The van der Waals surface area contributed by atoms with E-state index in [0.717, 1.165) is 19.3 Å². The van der Waals surface area contributed by atoms with Crippen LogP contribution in [0.5, 0.6) is 0 Å². The number of hydrogen-bond donors (Lipinski definition) is 1. The third-order valence-corrected chi connectivity index (χ3v) is 5.35. The van der Waals surface area contributed by atoms with Crippen molar-refractivity contribution in [1.82, 2.24) is 9.21 Å². The molecule has 1 aromatic rings. The minimum atomic E-state index is -3.56. The van der Waals surface area contributed by atoms with Gasteiger partial charge in [-0.25, -0.2) is 8.42 Å². The van der Waals surface area contributed by atoms with Gasteiger partial charge in [0.2, 0.25) is 5.09 Å². The molecule has 2 rings (SSSR count). The number of hydrogen-bond acceptors (Lipinski definition) is 5. The van der Waals surface area contributed by atoms with Gasteiger partial charge >= 0.3 is 5.97 Å². The largest absolute Gasteiger partial charge is 0.480 e. The van der Waals surface area contributed by atoms with Gasteiger partial charge < -0.3 is 9.52 Å². The second-order valence-electron chi connectivity index (χ2n) is 5.44. The Labute approximate surface area is 142 Å². The van der Waals surface area contributed by atoms with Gasteiger partial charge in [0.25, 0.3) is 10.0 Å². The van der Waals surface area contributed by atoms with Crippen LogP contribution in [0.3, 0.4) is 0 Å². The van der Waals surface area contributed by atoms with E-state index in [1.807, 2.05) is 6.92 Å². The van der Waals surface area contributed by atoms with E-state index in [0.29, 0.717) is 25.4 Å². The van der Waals surface area contributed by atoms with Crippen LogP contribution in [0.4, 0.5) is 0 Å². The van der Waals surface area contributed by atoms with E-state index in [1.54, 1.807) is 11.0 Å². The van der Waals surface area contributed by atoms with E-state index in [4.69, 9.17) is 9.52 Å². The summed E-state index contributed by atoms with van der Waals surface area (Å²) < 4.78 is 31.6. The van der Waals surface area contributed by atoms with E-state index in [9.17, 15) is 13.2 Å². The topological polar surface area (TPSA) is 91.1 Å². The molecule has 0 saturated carbocycles. The molecule has 0 aliphatic carbocycles. The van der Waals surface area contributed by atoms with Crippen LogP contribution in [0, 0.1) is 0 Å². The average molecular weight is 367 g/mol. The number of carbonyl (C=O) groups is 1. The molecular formula is C14H23ClN2O5S. The summed E-state index contributed by atoms with van der Waals surface area (Å²) in [6, 6.07) is 3.06. The number of rotatable bonds is 8. The lowest BCUT2D eigenvalue weighted by Crippen LogP contribution is -2.30. The highest BCUT2D eigenvalue weighted by molar-refractivity contribution is 7.89. The van der Waals surface area contributed by atoms with Gasteiger partial charge in [-0.05, 0) is 37.9 Å². The van der Waals surface area contributed by atoms with Crippen molar-refractivity contribution in [2.75, 3.05) is 26.2 Å². The Morgan fingerprint density at radius 1 is 1.35 bits per heavy atom. The molecule has 132 valence electrons. The van der Waals surface area contributed by atoms with Gasteiger partial charge in [-0.3, -0.25) is 9.69 Å². The Bertz CT molecular complexity index is 610. The van der Waals surface area contributed by atoms with Crippen molar-refractivity contribution in [1.29, 1.82) is 0 Å². The average Bonchev–Trinajstić information content (AvgIpc) is 3.09. The predicted octanol–water partition coefficient (Wildman–Crippen LogP) is 1.78. The highest BCUT2D eigenvalue weighted by Crippen LogP contribution is 2.23. The third-order valence-electron chi connectivity index (χ3n) is 3.57. The summed E-state index contributed by atoms with van der Waals surface area (Å²) in [5, 5.41) is 8.83. The minimum Gasteiger partial charge on any atom is -0.480 e. The van der Waals surface area contributed by atoms with E-state index >= 15 is 0 Å². The molecule has 0 unspecified atom stereocenters. The molecule has 7 nitrogen and oxygen atoms in total. The van der Waals surface area contributed by atoms with E-state index in [-0.39, 0.29) is 30.6 Å². The molecule has 0 aromatic carbocycles. The van der Waals surface area contributed by atoms with Gasteiger partial charge in [0, 0.05) is 13.1 Å². The summed E-state index contributed by atoms with van der Waals surface area (Å²) in [5.41, 5.74) is 0. The van der Waals surface area contributed by atoms with Crippen molar-refractivity contribution in [3.63, 3.8) is 0 Å². The maximum atomic E-state index is 12.4. The Morgan fingerprint density at radius 2 is 2.00 bits per heavy atom. The zero-order valence-corrected chi connectivity index (χ0v) is 14.7. The zero-order valence-electron chi connectivity index (χ0n) is 13.1. The molecule has 1 N–H and O–H groups in total. The fourth-order valence-electron chi connectivity index (χ4n) is 2.58. The van der Waals surface area contributed by atoms with Crippen LogP contribution in [0.1, 0.15) is 31.9 Å². The van der Waals surface area contributed by atoms with Gasteiger partial charge in [-0.2, -0.15) is 4.31 Å². The van der Waals surface area contributed by atoms with Gasteiger partial charge in [-0.1, -0.05) is 6.92 Å². The lowest BCUT2D eigenvalue weighted by Gasteiger charge is -2.17. The van der Waals surface area contributed by atoms with Crippen LogP contribution in [0.25, 0.3) is 0 Å². The lowest BCUT2D eigenvalue weighted by atomic mass is 10.3. The predicted molar refractivity (Wildman–Crippen MR) is 87.2 cm³/mol. The lowest BCUT2D eigenvalue weighted by molar-refractivity contribution is -0.138. The second-order valence-corrected chi connectivity index (χ2v) is 7.31. The number of carboxylic acids is 1. The van der Waals surface area contributed by atoms with Crippen molar-refractivity contribution < 1.29 is 22.7 Å². The minimum absolute atomic E-state index is 0. The Kier molecular flexibility index (Phi) is 7.53. The SMILES string of the molecule is CCCN(CC(=O)O)Cc1ccc(S(=O)(=O)N2CCCC2)o1.Cl. The molecule has 1 aliphatic rings. The standard InChI is InChI=1S/C14H22N2O5S.ClH/c1-2-7-15(11-13(17)18)10-12-5-6-14(21-12)22(19,20)16-8-3-4-9-16;/h5-6H,2-4,7-11H2,1H3,(H,17,18);1H. The molecule has 0 spiro atoms. The Hall–Kier alpha value is -1.09. The fraction of sp³-hybridized carbons (Fsp3) is 0.643. The molecule has 0 bridgehead atoms. The van der Waals surface area contributed by atoms with Crippen LogP contribution in [-0.4, -0.2) is 54.9 Å². The molecule has 2 heterocycles. The molecule has 1 aromatic heterocycles. The second kappa shape index (κ2) is 8.68. The molecule has 0 atom stereocenters. The number of carboxylic acid groups (broad SMARTS) is 1. The van der Waals surface area contributed by atoms with Crippen molar-refractivity contribution in [2.45, 2.75) is 37.8 Å². The molecule has 23 heavy (non-hydrogen) atoms. The summed E-state index contributed by atoms with van der Waals surface area (Å²) >= 11 is 0. The summed E-state index contributed by atoms with van der Waals surface area (Å²) in [6.07, 6.45) is 2.55. The fourth-order valence-corrected chi connectivity index (χ4v) is 4.03. The highest BCUT2D eigenvalue weighted by Gasteiger charge is 2.30. The van der Waals surface area contributed by atoms with E-state index < -0.39 is 16.0 Å². The van der Waals surface area contributed by atoms with Gasteiger partial charge in [0.05, 0.1) is 13.1 Å². The van der Waals surface area contributed by atoms with Crippen LogP contribution in [-0.2, 0) is 21.4 Å². The normalized spacial score (nSPS) is 15.7. The maximum absolute atomic E-state index is 12.4. The number of nitrogens with zero attached hydrogens (tertiary/aromatic N) is 2. The molecular weight excluding hydrogens is 344 g/mol. The van der Waals surface area contributed by atoms with Crippen LogP contribution in [0.15, 0.2) is 21.6 Å². The van der Waals surface area contributed by atoms with Gasteiger partial charge in [0.15, 0.2) is 0 Å². The van der Waals surface area contributed by atoms with Crippen molar-refractivity contribution in [3.05, 3.63) is 17.9 Å². The quantitative estimate of drug-likeness (QED) is 0.754. The number of furan rings is 1. The summed E-state index contributed by atoms with van der Waals surface area (Å²) in [4.78, 5) is 12.6. The first kappa shape index (κ1) is 20.0. The number of sulfonamides is 1. The molecule has 1 saturated heterocycles. The highest BCUT2D eigenvalue weighted by atomic mass is 35.5. The molecule has 1 aliphatic heterocycles. The Balaban J connectivity index is 0.00000264. The monoisotopic (exact) mass is 366 g/mol. The van der Waals surface area contributed by atoms with Gasteiger partial charge in [0.1, 0.15) is 5.76 Å². The van der Waals surface area contributed by atoms with Crippen molar-refractivity contribution >= 4 is 28.4 Å². The summed E-state index contributed by atoms with van der Waals surface area (Å²) in [5.74, 6) is -0.447. The molecule has 0 amide bonds. The van der Waals surface area contributed by atoms with Crippen LogP contribution >= 0.6 is 12.4 Å². The number of halogens is 1. The van der Waals surface area contributed by atoms with E-state index in [1.165, 1.54) is 10.4 Å². The first-order chi connectivity index (χ1) is 10.4. The van der Waals surface area contributed by atoms with Crippen molar-refractivity contribution in [2.24, 2.45) is 0 Å². The molecule has 1 fully saturated rings. The van der Waals surface area contributed by atoms with Crippen LogP contribution in [0.2, 0.25) is 0 Å². The molecule has 0 radical (unpaired) electrons. The van der Waals surface area contributed by atoms with E-state index in [2.05, 4.69) is 0 Å². The van der Waals surface area contributed by atoms with Gasteiger partial charge in [-0.15, -0.1) is 12.4 Å². The molecule has 9 heteroatoms. The zero-order chi connectivity index (χ0) is 16.2.